The van der Waals surface area contributed by atoms with Gasteiger partial charge in [0.05, 0.1) is 6.04 Å². The van der Waals surface area contributed by atoms with Gasteiger partial charge >= 0.3 is 0 Å². The second-order valence-electron chi connectivity index (χ2n) is 11.1. The zero-order valence-corrected chi connectivity index (χ0v) is 26.2. The predicted octanol–water partition coefficient (Wildman–Crippen LogP) is 7.05. The molecule has 5 N–H and O–H groups in total. The minimum absolute atomic E-state index is 0. The SMILES string of the molecule is CCCCCCCCCCCCCCCCCC(=O)N1CCCCC1CNC(=O)C(N)CCCCN.Cl.Cl. The van der Waals surface area contributed by atoms with E-state index in [1.54, 1.807) is 0 Å². The Morgan fingerprint density at radius 3 is 1.84 bits per heavy atom. The predicted molar refractivity (Wildman–Crippen MR) is 167 cm³/mol. The molecule has 1 saturated heterocycles. The quantitative estimate of drug-likeness (QED) is 0.113. The Hall–Kier alpha value is -0.560. The lowest BCUT2D eigenvalue weighted by atomic mass is 10.00. The molecule has 1 heterocycles. The van der Waals surface area contributed by atoms with Gasteiger partial charge in [0.25, 0.3) is 0 Å². The van der Waals surface area contributed by atoms with Crippen LogP contribution in [0.25, 0.3) is 0 Å². The van der Waals surface area contributed by atoms with E-state index in [1.165, 1.54) is 83.5 Å². The summed E-state index contributed by atoms with van der Waals surface area (Å²) in [4.78, 5) is 27.2. The molecule has 0 aromatic carbocycles. The van der Waals surface area contributed by atoms with Crippen LogP contribution >= 0.6 is 24.8 Å². The smallest absolute Gasteiger partial charge is 0.236 e. The van der Waals surface area contributed by atoms with E-state index in [0.29, 0.717) is 25.9 Å². The van der Waals surface area contributed by atoms with E-state index in [9.17, 15) is 9.59 Å². The summed E-state index contributed by atoms with van der Waals surface area (Å²) >= 11 is 0. The Labute approximate surface area is 247 Å². The van der Waals surface area contributed by atoms with E-state index in [1.807, 2.05) is 4.90 Å². The summed E-state index contributed by atoms with van der Waals surface area (Å²) in [6.07, 6.45) is 26.2. The third-order valence-electron chi connectivity index (χ3n) is 7.76. The van der Waals surface area contributed by atoms with Gasteiger partial charge in [0.2, 0.25) is 11.8 Å². The topological polar surface area (TPSA) is 101 Å². The molecule has 8 heteroatoms. The highest BCUT2D eigenvalue weighted by Crippen LogP contribution is 2.19. The monoisotopic (exact) mass is 580 g/mol. The number of hydrogen-bond donors (Lipinski definition) is 3. The van der Waals surface area contributed by atoms with Crippen molar-refractivity contribution in [2.24, 2.45) is 11.5 Å². The van der Waals surface area contributed by atoms with Crippen LogP contribution in [0.15, 0.2) is 0 Å². The van der Waals surface area contributed by atoms with Crippen molar-refractivity contribution in [2.75, 3.05) is 19.6 Å². The number of nitrogens with two attached hydrogens (primary N) is 2. The molecular formula is C30H62Cl2N4O2. The van der Waals surface area contributed by atoms with Gasteiger partial charge in [-0.15, -0.1) is 24.8 Å². The van der Waals surface area contributed by atoms with Crippen LogP contribution in [0.1, 0.15) is 148 Å². The zero-order chi connectivity index (χ0) is 26.3. The van der Waals surface area contributed by atoms with Crippen molar-refractivity contribution in [1.82, 2.24) is 10.2 Å². The van der Waals surface area contributed by atoms with E-state index in [2.05, 4.69) is 12.2 Å². The van der Waals surface area contributed by atoms with Crippen molar-refractivity contribution in [1.29, 1.82) is 0 Å². The average molecular weight is 582 g/mol. The van der Waals surface area contributed by atoms with Crippen LogP contribution in [0.2, 0.25) is 0 Å². The van der Waals surface area contributed by atoms with E-state index in [4.69, 9.17) is 11.5 Å². The summed E-state index contributed by atoms with van der Waals surface area (Å²) in [5, 5.41) is 3.00. The van der Waals surface area contributed by atoms with Gasteiger partial charge < -0.3 is 21.7 Å². The summed E-state index contributed by atoms with van der Waals surface area (Å²) in [6.45, 7) is 4.25. The lowest BCUT2D eigenvalue weighted by Gasteiger charge is -2.36. The molecule has 0 aliphatic carbocycles. The fourth-order valence-electron chi connectivity index (χ4n) is 5.32. The second-order valence-corrected chi connectivity index (χ2v) is 11.1. The molecule has 6 nitrogen and oxygen atoms in total. The van der Waals surface area contributed by atoms with E-state index in [0.717, 1.165) is 51.5 Å². The maximum atomic E-state index is 12.9. The van der Waals surface area contributed by atoms with Crippen LogP contribution < -0.4 is 16.8 Å². The van der Waals surface area contributed by atoms with Crippen LogP contribution in [-0.4, -0.2) is 48.4 Å². The maximum Gasteiger partial charge on any atom is 0.236 e. The highest BCUT2D eigenvalue weighted by molar-refractivity contribution is 5.85. The highest BCUT2D eigenvalue weighted by atomic mass is 35.5. The number of nitrogens with one attached hydrogen (secondary N) is 1. The highest BCUT2D eigenvalue weighted by Gasteiger charge is 2.27. The Kier molecular flexibility index (Phi) is 29.2. The third kappa shape index (κ3) is 20.4. The Morgan fingerprint density at radius 1 is 0.789 bits per heavy atom. The molecule has 1 fully saturated rings. The van der Waals surface area contributed by atoms with E-state index < -0.39 is 6.04 Å². The number of piperidine rings is 1. The Bertz CT molecular complexity index is 554. The Balaban J connectivity index is 0. The molecule has 1 aliphatic rings. The number of likely N-dealkylation sites (tertiary alicyclic amines) is 1. The Morgan fingerprint density at radius 2 is 1.32 bits per heavy atom. The number of halogens is 2. The number of nitrogens with zero attached hydrogens (tertiary/aromatic N) is 1. The number of carbonyl (C=O) groups is 2. The van der Waals surface area contributed by atoms with Gasteiger partial charge in [-0.3, -0.25) is 9.59 Å². The van der Waals surface area contributed by atoms with Crippen LogP contribution in [-0.2, 0) is 9.59 Å². The normalized spacial score (nSPS) is 15.9. The van der Waals surface area contributed by atoms with Crippen LogP contribution in [0.3, 0.4) is 0 Å². The standard InChI is InChI=1S/C30H60N4O2.2ClH/c1-2-3-4-5-6-7-8-9-10-11-12-13-14-15-16-23-29(35)34-25-20-18-21-27(34)26-33-30(36)28(32)22-17-19-24-31;;/h27-28H,2-26,31-32H2,1H3,(H,33,36);2*1H. The summed E-state index contributed by atoms with van der Waals surface area (Å²) in [5.74, 6) is 0.156. The molecule has 0 aromatic heterocycles. The second kappa shape index (κ2) is 28.0. The van der Waals surface area contributed by atoms with Gasteiger partial charge in [0.15, 0.2) is 0 Å². The number of unbranched alkanes of at least 4 members (excludes halogenated alkanes) is 15. The van der Waals surface area contributed by atoms with E-state index >= 15 is 0 Å². The van der Waals surface area contributed by atoms with Gasteiger partial charge in [-0.05, 0) is 45.1 Å². The summed E-state index contributed by atoms with van der Waals surface area (Å²) in [6, 6.07) is -0.368. The first-order chi connectivity index (χ1) is 17.6. The van der Waals surface area contributed by atoms with Crippen molar-refractivity contribution in [2.45, 2.75) is 160 Å². The van der Waals surface area contributed by atoms with Gasteiger partial charge in [-0.1, -0.05) is 103 Å². The van der Waals surface area contributed by atoms with Crippen LogP contribution in [0.4, 0.5) is 0 Å². The fourth-order valence-corrected chi connectivity index (χ4v) is 5.32. The zero-order valence-electron chi connectivity index (χ0n) is 24.6. The number of carbonyl (C=O) groups excluding carboxylic acids is 2. The summed E-state index contributed by atoms with van der Waals surface area (Å²) < 4.78 is 0. The van der Waals surface area contributed by atoms with Crippen LogP contribution in [0, 0.1) is 0 Å². The summed E-state index contributed by atoms with van der Waals surface area (Å²) in [7, 11) is 0. The van der Waals surface area contributed by atoms with Crippen molar-refractivity contribution >= 4 is 36.6 Å². The molecule has 0 bridgehead atoms. The van der Waals surface area contributed by atoms with Gasteiger partial charge in [-0.25, -0.2) is 0 Å². The number of amides is 2. The minimum atomic E-state index is -0.482. The van der Waals surface area contributed by atoms with Crippen LogP contribution in [0.5, 0.6) is 0 Å². The first kappa shape index (κ1) is 39.6. The maximum absolute atomic E-state index is 12.9. The molecule has 0 radical (unpaired) electrons. The number of rotatable bonds is 23. The minimum Gasteiger partial charge on any atom is -0.353 e. The molecule has 228 valence electrons. The molecule has 0 spiro atoms. The molecule has 0 aromatic rings. The first-order valence-electron chi connectivity index (χ1n) is 15.6. The molecule has 2 atom stereocenters. The van der Waals surface area contributed by atoms with Crippen molar-refractivity contribution in [3.8, 4) is 0 Å². The van der Waals surface area contributed by atoms with Gasteiger partial charge in [0, 0.05) is 25.6 Å². The van der Waals surface area contributed by atoms with E-state index in [-0.39, 0.29) is 42.7 Å². The van der Waals surface area contributed by atoms with Crippen molar-refractivity contribution in [3.63, 3.8) is 0 Å². The summed E-state index contributed by atoms with van der Waals surface area (Å²) in [5.41, 5.74) is 11.5. The van der Waals surface area contributed by atoms with Crippen molar-refractivity contribution < 1.29 is 9.59 Å². The molecule has 2 unspecified atom stereocenters. The fraction of sp³-hybridized carbons (Fsp3) is 0.933. The van der Waals surface area contributed by atoms with Gasteiger partial charge in [-0.2, -0.15) is 0 Å². The van der Waals surface area contributed by atoms with Gasteiger partial charge in [0.1, 0.15) is 0 Å². The molecule has 0 saturated carbocycles. The molecule has 1 rings (SSSR count). The largest absolute Gasteiger partial charge is 0.353 e. The molecule has 1 aliphatic heterocycles. The number of hydrogen-bond acceptors (Lipinski definition) is 4. The lowest BCUT2D eigenvalue weighted by Crippen LogP contribution is -2.51. The third-order valence-corrected chi connectivity index (χ3v) is 7.76. The average Bonchev–Trinajstić information content (AvgIpc) is 2.89. The lowest BCUT2D eigenvalue weighted by molar-refractivity contribution is -0.135. The van der Waals surface area contributed by atoms with Crippen molar-refractivity contribution in [3.05, 3.63) is 0 Å². The molecular weight excluding hydrogens is 519 g/mol. The molecule has 2 amide bonds. The molecule has 38 heavy (non-hydrogen) atoms. The first-order valence-corrected chi connectivity index (χ1v) is 15.6.